The molecule has 0 unspecified atom stereocenters. The zero-order valence-electron chi connectivity index (χ0n) is 34.7. The van der Waals surface area contributed by atoms with Crippen LogP contribution in [0.25, 0.3) is 0 Å². The average Bonchev–Trinajstić information content (AvgIpc) is 3.51. The second-order valence-corrected chi connectivity index (χ2v) is 19.8. The van der Waals surface area contributed by atoms with Crippen molar-refractivity contribution in [3.05, 3.63) is 25.5 Å². The van der Waals surface area contributed by atoms with Gasteiger partial charge in [-0.25, -0.2) is 0 Å². The van der Waals surface area contributed by atoms with Crippen LogP contribution in [-0.4, -0.2) is 22.2 Å². The highest BCUT2D eigenvalue weighted by Crippen LogP contribution is 2.56. The highest BCUT2D eigenvalue weighted by molar-refractivity contribution is 5.94. The third-order valence-electron chi connectivity index (χ3n) is 11.1. The molecule has 0 saturated carbocycles. The van der Waals surface area contributed by atoms with E-state index in [9.17, 15) is 0 Å². The van der Waals surface area contributed by atoms with Gasteiger partial charge in [-0.05, 0) is 117 Å². The van der Waals surface area contributed by atoms with Crippen LogP contribution in [0.3, 0.4) is 0 Å². The Morgan fingerprint density at radius 2 is 0.583 bits per heavy atom. The topological polar surface area (TPSA) is 13.0 Å². The third-order valence-corrected chi connectivity index (χ3v) is 11.1. The Bertz CT molecular complexity index is 969. The second-order valence-electron chi connectivity index (χ2n) is 19.8. The largest absolute Gasteiger partial charge is 0.334 e. The molecule has 1 aromatic carbocycles. The van der Waals surface area contributed by atoms with Crippen molar-refractivity contribution in [2.24, 2.45) is 23.7 Å². The van der Waals surface area contributed by atoms with Crippen LogP contribution in [0.1, 0.15) is 188 Å². The first-order valence-corrected chi connectivity index (χ1v) is 20.0. The highest BCUT2D eigenvalue weighted by Gasteiger charge is 2.47. The normalized spacial score (nSPS) is 16.1. The van der Waals surface area contributed by atoms with Gasteiger partial charge in [0, 0.05) is 22.2 Å². The maximum atomic E-state index is 4.03. The van der Waals surface area contributed by atoms with Crippen molar-refractivity contribution in [2.45, 2.75) is 210 Å². The van der Waals surface area contributed by atoms with E-state index in [0.717, 1.165) is 49.4 Å². The van der Waals surface area contributed by atoms with Crippen molar-refractivity contribution in [3.8, 4) is 0 Å². The summed E-state index contributed by atoms with van der Waals surface area (Å²) >= 11 is 0. The van der Waals surface area contributed by atoms with E-state index in [0.29, 0.717) is 0 Å². The van der Waals surface area contributed by atoms with Crippen molar-refractivity contribution in [1.82, 2.24) is 0 Å². The predicted octanol–water partition coefficient (Wildman–Crippen LogP) is 13.4. The molecule has 0 bridgehead atoms. The van der Waals surface area contributed by atoms with E-state index in [2.05, 4.69) is 156 Å². The van der Waals surface area contributed by atoms with Crippen LogP contribution < -0.4 is 19.6 Å². The Labute approximate surface area is 300 Å². The van der Waals surface area contributed by atoms with Gasteiger partial charge in [-0.3, -0.25) is 0 Å². The first-order valence-electron chi connectivity index (χ1n) is 20.0. The first kappa shape index (κ1) is 40.8. The molecule has 0 aromatic heterocycles. The Morgan fingerprint density at radius 3 is 0.750 bits per heavy atom. The molecule has 0 aliphatic carbocycles. The van der Waals surface area contributed by atoms with Gasteiger partial charge < -0.3 is 19.6 Å². The minimum atomic E-state index is -0.0416. The van der Waals surface area contributed by atoms with Crippen molar-refractivity contribution < 1.29 is 0 Å². The fraction of sp³-hybridized carbons (Fsp3) is 0.818. The summed E-state index contributed by atoms with van der Waals surface area (Å²) in [6, 6.07) is 5.04. The molecule has 0 saturated heterocycles. The lowest BCUT2D eigenvalue weighted by Crippen LogP contribution is -2.48. The smallest absolute Gasteiger partial charge is 0.209 e. The van der Waals surface area contributed by atoms with E-state index in [1.165, 1.54) is 74.1 Å². The van der Waals surface area contributed by atoms with Crippen molar-refractivity contribution in [3.63, 3.8) is 0 Å². The molecular formula is C44H78N4. The minimum Gasteiger partial charge on any atom is -0.334 e. The fourth-order valence-corrected chi connectivity index (χ4v) is 7.75. The number of fused-ring (bicyclic) bond motifs is 2. The summed E-state index contributed by atoms with van der Waals surface area (Å²) in [6.07, 6.45) is 14.6. The van der Waals surface area contributed by atoms with Crippen LogP contribution in [0.4, 0.5) is 22.7 Å². The molecule has 0 N–H and O–H groups in total. The minimum absolute atomic E-state index is 0.0416. The zero-order chi connectivity index (χ0) is 36.2. The lowest BCUT2D eigenvalue weighted by atomic mass is 9.91. The standard InChI is InChI=1S/C44H78N4/c1-33(2)21-17-25-41(9,10)45-31-46(42(11,12)26-18-22-34(3)4)38-30-40-39(29-37(38)45)47(43(13,14)27-19-23-35(5)6)32-48(40)44(15,16)28-20-24-36(7)8/h29-30,33-36H,17-28H2,1-16H3. The van der Waals surface area contributed by atoms with E-state index in [-0.39, 0.29) is 22.2 Å². The summed E-state index contributed by atoms with van der Waals surface area (Å²) in [5, 5.41) is 0. The van der Waals surface area contributed by atoms with Gasteiger partial charge in [0.1, 0.15) is 0 Å². The van der Waals surface area contributed by atoms with Crippen molar-refractivity contribution in [2.75, 3.05) is 19.6 Å². The lowest BCUT2D eigenvalue weighted by molar-refractivity contribution is 0.383. The number of benzene rings is 1. The van der Waals surface area contributed by atoms with Gasteiger partial charge in [-0.1, -0.05) is 107 Å². The summed E-state index contributed by atoms with van der Waals surface area (Å²) in [6.45, 7) is 46.3. The van der Waals surface area contributed by atoms with Crippen LogP contribution in [0.15, 0.2) is 12.1 Å². The van der Waals surface area contributed by atoms with Gasteiger partial charge in [0.15, 0.2) is 0 Å². The molecule has 3 rings (SSSR count). The average molecular weight is 663 g/mol. The summed E-state index contributed by atoms with van der Waals surface area (Å²) in [4.78, 5) is 10.1. The number of hydrogen-bond donors (Lipinski definition) is 0. The molecular weight excluding hydrogens is 585 g/mol. The molecule has 4 radical (unpaired) electrons. The fourth-order valence-electron chi connectivity index (χ4n) is 7.75. The van der Waals surface area contributed by atoms with E-state index in [1.807, 2.05) is 0 Å². The highest BCUT2D eigenvalue weighted by atomic mass is 15.5. The van der Waals surface area contributed by atoms with Crippen LogP contribution in [0, 0.1) is 37.0 Å². The van der Waals surface area contributed by atoms with Crippen molar-refractivity contribution >= 4 is 22.7 Å². The molecule has 4 nitrogen and oxygen atoms in total. The van der Waals surface area contributed by atoms with E-state index in [4.69, 9.17) is 0 Å². The third kappa shape index (κ3) is 10.2. The van der Waals surface area contributed by atoms with E-state index < -0.39 is 0 Å². The summed E-state index contributed by atoms with van der Waals surface area (Å²) in [5.41, 5.74) is 5.07. The predicted molar refractivity (Wildman–Crippen MR) is 214 cm³/mol. The number of rotatable bonds is 20. The molecule has 274 valence electrons. The maximum absolute atomic E-state index is 4.03. The van der Waals surface area contributed by atoms with Crippen LogP contribution >= 0.6 is 0 Å². The quantitative estimate of drug-likeness (QED) is 0.138. The number of nitrogens with zero attached hydrogens (tertiary/aromatic N) is 4. The Morgan fingerprint density at radius 1 is 0.396 bits per heavy atom. The molecule has 2 aliphatic rings. The Hall–Kier alpha value is -1.58. The monoisotopic (exact) mass is 663 g/mol. The molecule has 1 aromatic rings. The second kappa shape index (κ2) is 16.2. The Kier molecular flexibility index (Phi) is 13.8. The summed E-state index contributed by atoms with van der Waals surface area (Å²) in [7, 11) is 0. The maximum Gasteiger partial charge on any atom is 0.209 e. The van der Waals surface area contributed by atoms with Gasteiger partial charge >= 0.3 is 0 Å². The van der Waals surface area contributed by atoms with E-state index in [1.54, 1.807) is 0 Å². The first-order chi connectivity index (χ1) is 22.1. The van der Waals surface area contributed by atoms with E-state index >= 15 is 0 Å². The number of anilines is 4. The summed E-state index contributed by atoms with van der Waals surface area (Å²) < 4.78 is 0. The summed E-state index contributed by atoms with van der Waals surface area (Å²) in [5.74, 6) is 2.91. The zero-order valence-corrected chi connectivity index (χ0v) is 34.7. The van der Waals surface area contributed by atoms with Gasteiger partial charge in [0.25, 0.3) is 0 Å². The van der Waals surface area contributed by atoms with Gasteiger partial charge in [-0.15, -0.1) is 0 Å². The molecule has 4 heteroatoms. The van der Waals surface area contributed by atoms with Crippen LogP contribution in [0.5, 0.6) is 0 Å². The molecule has 0 fully saturated rings. The van der Waals surface area contributed by atoms with Gasteiger partial charge in [0.05, 0.1) is 22.7 Å². The molecule has 2 aliphatic heterocycles. The SMILES string of the molecule is CC(C)CCCC(C)(C)N1[C]N(C(C)(C)CCCC(C)C)c2cc3c(cc21)N(C(C)(C)CCCC(C)C)[C]N3C(C)(C)CCCC(C)C. The number of hydrogen-bond acceptors (Lipinski definition) is 4. The molecule has 0 atom stereocenters. The van der Waals surface area contributed by atoms with Gasteiger partial charge in [0.2, 0.25) is 13.3 Å². The lowest BCUT2D eigenvalue weighted by Gasteiger charge is -2.41. The van der Waals surface area contributed by atoms with Crippen LogP contribution in [0.2, 0.25) is 0 Å². The molecule has 48 heavy (non-hydrogen) atoms. The Balaban J connectivity index is 2.15. The van der Waals surface area contributed by atoms with Crippen molar-refractivity contribution in [1.29, 1.82) is 0 Å². The van der Waals surface area contributed by atoms with Gasteiger partial charge in [-0.2, -0.15) is 0 Å². The molecule has 2 heterocycles. The molecule has 0 amide bonds. The van der Waals surface area contributed by atoms with Crippen LogP contribution in [-0.2, 0) is 0 Å². The molecule has 0 spiro atoms.